The van der Waals surface area contributed by atoms with Gasteiger partial charge in [-0.15, -0.1) is 0 Å². The van der Waals surface area contributed by atoms with Gasteiger partial charge in [0.1, 0.15) is 17.5 Å². The van der Waals surface area contributed by atoms with Crippen molar-refractivity contribution in [2.24, 2.45) is 11.8 Å². The standard InChI is InChI=1S/C17H24N4O3/c1-11-9-21(6-5-17(11,22)13-3-7-23-8-4-13)15-14-12(2)20-24-16(14)19-10-18-15/h10-11,13,22H,3-9H2,1-2H3/t11-,17+/m1/s1. The Bertz CT molecular complexity index is 728. The first kappa shape index (κ1) is 15.8. The molecular formula is C17H24N4O3. The number of fused-ring (bicyclic) bond motifs is 1. The topological polar surface area (TPSA) is 84.5 Å². The molecule has 130 valence electrons. The van der Waals surface area contributed by atoms with Crippen LogP contribution in [-0.2, 0) is 4.74 Å². The van der Waals surface area contributed by atoms with Crippen molar-refractivity contribution in [3.63, 3.8) is 0 Å². The number of aryl methyl sites for hydroxylation is 1. The molecule has 0 saturated carbocycles. The SMILES string of the molecule is Cc1noc2ncnc(N3CC[C@@](O)(C4CCOCC4)[C@H](C)C3)c12. The zero-order chi connectivity index (χ0) is 16.7. The van der Waals surface area contributed by atoms with Gasteiger partial charge < -0.3 is 19.3 Å². The molecule has 0 spiro atoms. The van der Waals surface area contributed by atoms with Crippen LogP contribution in [0.2, 0.25) is 0 Å². The minimum Gasteiger partial charge on any atom is -0.389 e. The molecular weight excluding hydrogens is 308 g/mol. The van der Waals surface area contributed by atoms with Crippen LogP contribution in [0.25, 0.3) is 11.1 Å². The maximum Gasteiger partial charge on any atom is 0.263 e. The maximum absolute atomic E-state index is 11.3. The summed E-state index contributed by atoms with van der Waals surface area (Å²) in [5, 5.41) is 16.2. The molecule has 7 nitrogen and oxygen atoms in total. The van der Waals surface area contributed by atoms with Gasteiger partial charge in [-0.25, -0.2) is 4.98 Å². The fourth-order valence-electron chi connectivity index (χ4n) is 4.28. The predicted octanol–water partition coefficient (Wildman–Crippen LogP) is 1.93. The molecule has 4 heterocycles. The van der Waals surface area contributed by atoms with Crippen LogP contribution < -0.4 is 4.90 Å². The van der Waals surface area contributed by atoms with Crippen LogP contribution in [0.5, 0.6) is 0 Å². The van der Waals surface area contributed by atoms with E-state index in [0.717, 1.165) is 62.5 Å². The van der Waals surface area contributed by atoms with Crippen molar-refractivity contribution in [2.75, 3.05) is 31.2 Å². The van der Waals surface area contributed by atoms with E-state index >= 15 is 0 Å². The Labute approximate surface area is 141 Å². The van der Waals surface area contributed by atoms with Crippen molar-refractivity contribution < 1.29 is 14.4 Å². The Morgan fingerprint density at radius 3 is 2.83 bits per heavy atom. The Kier molecular flexibility index (Phi) is 3.92. The smallest absolute Gasteiger partial charge is 0.263 e. The summed E-state index contributed by atoms with van der Waals surface area (Å²) in [5.74, 6) is 1.35. The van der Waals surface area contributed by atoms with Gasteiger partial charge in [0.2, 0.25) is 0 Å². The number of ether oxygens (including phenoxy) is 1. The van der Waals surface area contributed by atoms with Crippen molar-refractivity contribution in [1.29, 1.82) is 0 Å². The minimum absolute atomic E-state index is 0.166. The molecule has 2 aliphatic rings. The summed E-state index contributed by atoms with van der Waals surface area (Å²) in [7, 11) is 0. The molecule has 0 aliphatic carbocycles. The summed E-state index contributed by atoms with van der Waals surface area (Å²) >= 11 is 0. The summed E-state index contributed by atoms with van der Waals surface area (Å²) in [4.78, 5) is 10.8. The van der Waals surface area contributed by atoms with Gasteiger partial charge in [-0.1, -0.05) is 12.1 Å². The molecule has 0 unspecified atom stereocenters. The summed E-state index contributed by atoms with van der Waals surface area (Å²) < 4.78 is 10.7. The van der Waals surface area contributed by atoms with Crippen LogP contribution in [0.15, 0.2) is 10.9 Å². The first-order valence-electron chi connectivity index (χ1n) is 8.71. The molecule has 0 amide bonds. The van der Waals surface area contributed by atoms with E-state index in [4.69, 9.17) is 9.26 Å². The lowest BCUT2D eigenvalue weighted by molar-refractivity contribution is -0.108. The second-order valence-electron chi connectivity index (χ2n) is 7.12. The largest absolute Gasteiger partial charge is 0.389 e. The van der Waals surface area contributed by atoms with E-state index in [1.165, 1.54) is 6.33 Å². The van der Waals surface area contributed by atoms with Crippen molar-refractivity contribution in [1.82, 2.24) is 15.1 Å². The second-order valence-corrected chi connectivity index (χ2v) is 7.12. The Balaban J connectivity index is 1.59. The van der Waals surface area contributed by atoms with E-state index < -0.39 is 5.60 Å². The van der Waals surface area contributed by atoms with E-state index in [0.29, 0.717) is 11.6 Å². The molecule has 1 N–H and O–H groups in total. The highest BCUT2D eigenvalue weighted by molar-refractivity contribution is 5.87. The normalized spacial score (nSPS) is 29.3. The van der Waals surface area contributed by atoms with Crippen LogP contribution in [-0.4, -0.2) is 52.1 Å². The molecule has 2 fully saturated rings. The lowest BCUT2D eigenvalue weighted by Gasteiger charge is -2.48. The molecule has 2 saturated heterocycles. The van der Waals surface area contributed by atoms with Gasteiger partial charge in [-0.2, -0.15) is 4.98 Å². The third kappa shape index (κ3) is 2.46. The average Bonchev–Trinajstić information content (AvgIpc) is 3.00. The van der Waals surface area contributed by atoms with Gasteiger partial charge in [-0.05, 0) is 32.1 Å². The zero-order valence-corrected chi connectivity index (χ0v) is 14.2. The van der Waals surface area contributed by atoms with Crippen LogP contribution in [0.4, 0.5) is 5.82 Å². The number of hydrogen-bond donors (Lipinski definition) is 1. The lowest BCUT2D eigenvalue weighted by atomic mass is 9.70. The maximum atomic E-state index is 11.3. The van der Waals surface area contributed by atoms with Gasteiger partial charge >= 0.3 is 0 Å². The van der Waals surface area contributed by atoms with Crippen LogP contribution in [0.1, 0.15) is 31.9 Å². The van der Waals surface area contributed by atoms with Gasteiger partial charge in [0.25, 0.3) is 5.71 Å². The fraction of sp³-hybridized carbons (Fsp3) is 0.706. The van der Waals surface area contributed by atoms with Gasteiger partial charge in [0.05, 0.1) is 11.3 Å². The third-order valence-corrected chi connectivity index (χ3v) is 5.78. The summed E-state index contributed by atoms with van der Waals surface area (Å²) in [6.45, 7) is 7.11. The molecule has 2 aliphatic heterocycles. The first-order chi connectivity index (χ1) is 11.6. The molecule has 2 aromatic heterocycles. The monoisotopic (exact) mass is 332 g/mol. The van der Waals surface area contributed by atoms with E-state index in [1.54, 1.807) is 0 Å². The molecule has 0 aromatic carbocycles. The fourth-order valence-corrected chi connectivity index (χ4v) is 4.28. The zero-order valence-electron chi connectivity index (χ0n) is 14.2. The summed E-state index contributed by atoms with van der Waals surface area (Å²) in [5.41, 5.74) is 0.713. The molecule has 4 rings (SSSR count). The number of nitrogens with zero attached hydrogens (tertiary/aromatic N) is 4. The number of aromatic nitrogens is 3. The third-order valence-electron chi connectivity index (χ3n) is 5.78. The Morgan fingerprint density at radius 2 is 2.08 bits per heavy atom. The van der Waals surface area contributed by atoms with Crippen molar-refractivity contribution in [2.45, 2.75) is 38.7 Å². The van der Waals surface area contributed by atoms with E-state index in [1.807, 2.05) is 6.92 Å². The number of hydrogen-bond acceptors (Lipinski definition) is 7. The minimum atomic E-state index is -0.615. The van der Waals surface area contributed by atoms with Gasteiger partial charge in [-0.3, -0.25) is 0 Å². The van der Waals surface area contributed by atoms with Crippen LogP contribution in [0, 0.1) is 18.8 Å². The Hall–Kier alpha value is -1.73. The average molecular weight is 332 g/mol. The molecule has 0 bridgehead atoms. The van der Waals surface area contributed by atoms with Gasteiger partial charge in [0.15, 0.2) is 0 Å². The molecule has 2 aromatic rings. The quantitative estimate of drug-likeness (QED) is 0.899. The predicted molar refractivity (Wildman–Crippen MR) is 88.8 cm³/mol. The summed E-state index contributed by atoms with van der Waals surface area (Å²) in [6, 6.07) is 0. The first-order valence-corrected chi connectivity index (χ1v) is 8.71. The van der Waals surface area contributed by atoms with E-state index in [-0.39, 0.29) is 5.92 Å². The molecule has 24 heavy (non-hydrogen) atoms. The Morgan fingerprint density at radius 1 is 1.29 bits per heavy atom. The second kappa shape index (κ2) is 5.97. The van der Waals surface area contributed by atoms with Crippen molar-refractivity contribution >= 4 is 16.9 Å². The van der Waals surface area contributed by atoms with Crippen molar-refractivity contribution in [3.05, 3.63) is 12.0 Å². The molecule has 2 atom stereocenters. The number of anilines is 1. The highest BCUT2D eigenvalue weighted by atomic mass is 16.5. The number of aliphatic hydroxyl groups is 1. The number of piperidine rings is 1. The molecule has 0 radical (unpaired) electrons. The van der Waals surface area contributed by atoms with E-state index in [2.05, 4.69) is 26.9 Å². The highest BCUT2D eigenvalue weighted by Gasteiger charge is 2.45. The molecule has 7 heteroatoms. The van der Waals surface area contributed by atoms with Crippen LogP contribution in [0.3, 0.4) is 0 Å². The van der Waals surface area contributed by atoms with Crippen molar-refractivity contribution in [3.8, 4) is 0 Å². The lowest BCUT2D eigenvalue weighted by Crippen LogP contribution is -2.56. The highest BCUT2D eigenvalue weighted by Crippen LogP contribution is 2.41. The van der Waals surface area contributed by atoms with E-state index in [9.17, 15) is 5.11 Å². The number of rotatable bonds is 2. The summed E-state index contributed by atoms with van der Waals surface area (Å²) in [6.07, 6.45) is 4.16. The van der Waals surface area contributed by atoms with Gasteiger partial charge in [0, 0.05) is 32.2 Å². The van der Waals surface area contributed by atoms with Crippen LogP contribution >= 0.6 is 0 Å².